The second-order valence-corrected chi connectivity index (χ2v) is 6.61. The van der Waals surface area contributed by atoms with Crippen LogP contribution in [0, 0.1) is 6.92 Å². The topological polar surface area (TPSA) is 38.3 Å². The number of nitrogens with one attached hydrogen (secondary N) is 1. The molecule has 2 rings (SSSR count). The molecule has 1 N–H and O–H groups in total. The second-order valence-electron chi connectivity index (χ2n) is 6.61. The Labute approximate surface area is 138 Å². The highest BCUT2D eigenvalue weighted by atomic mass is 16.5. The molecule has 23 heavy (non-hydrogen) atoms. The summed E-state index contributed by atoms with van der Waals surface area (Å²) in [5, 5.41) is 3.07. The van der Waals surface area contributed by atoms with Crippen LogP contribution in [0.3, 0.4) is 0 Å². The molecule has 122 valence electrons. The molecule has 1 amide bonds. The van der Waals surface area contributed by atoms with Crippen molar-refractivity contribution in [3.8, 4) is 5.75 Å². The summed E-state index contributed by atoms with van der Waals surface area (Å²) in [5.74, 6) is 0.602. The first-order valence-corrected chi connectivity index (χ1v) is 7.95. The molecule has 3 nitrogen and oxygen atoms in total. The minimum Gasteiger partial charge on any atom is -0.481 e. The van der Waals surface area contributed by atoms with Crippen LogP contribution in [0.1, 0.15) is 31.9 Å². The average Bonchev–Trinajstić information content (AvgIpc) is 2.49. The Hall–Kier alpha value is -2.29. The molecule has 0 spiro atoms. The van der Waals surface area contributed by atoms with Gasteiger partial charge in [0.15, 0.2) is 6.10 Å². The molecule has 0 saturated heterocycles. The number of rotatable bonds is 6. The molecule has 0 bridgehead atoms. The van der Waals surface area contributed by atoms with Crippen molar-refractivity contribution in [1.82, 2.24) is 5.32 Å². The van der Waals surface area contributed by atoms with Gasteiger partial charge in [0.1, 0.15) is 5.75 Å². The third kappa shape index (κ3) is 5.44. The number of aryl methyl sites for hydroxylation is 1. The average molecular weight is 311 g/mol. The van der Waals surface area contributed by atoms with Crippen molar-refractivity contribution in [1.29, 1.82) is 0 Å². The van der Waals surface area contributed by atoms with Crippen molar-refractivity contribution >= 4 is 5.91 Å². The first-order valence-electron chi connectivity index (χ1n) is 7.95. The van der Waals surface area contributed by atoms with E-state index in [4.69, 9.17) is 4.74 Å². The Bertz CT molecular complexity index is 632. The third-order valence-corrected chi connectivity index (χ3v) is 3.65. The van der Waals surface area contributed by atoms with Crippen molar-refractivity contribution in [2.45, 2.75) is 45.8 Å². The van der Waals surface area contributed by atoms with E-state index in [2.05, 4.69) is 17.4 Å². The first-order chi connectivity index (χ1) is 10.9. The molecule has 0 fully saturated rings. The summed E-state index contributed by atoms with van der Waals surface area (Å²) >= 11 is 0. The van der Waals surface area contributed by atoms with Crippen LogP contribution in [-0.4, -0.2) is 17.6 Å². The van der Waals surface area contributed by atoms with Gasteiger partial charge in [0, 0.05) is 5.54 Å². The van der Waals surface area contributed by atoms with Crippen LogP contribution in [0.5, 0.6) is 5.75 Å². The predicted molar refractivity (Wildman–Crippen MR) is 93.6 cm³/mol. The lowest BCUT2D eigenvalue weighted by Crippen LogP contribution is -2.49. The minimum absolute atomic E-state index is 0.105. The molecule has 0 aliphatic carbocycles. The number of benzene rings is 2. The summed E-state index contributed by atoms with van der Waals surface area (Å²) in [6.07, 6.45) is 0.240. The van der Waals surface area contributed by atoms with Gasteiger partial charge < -0.3 is 10.1 Å². The van der Waals surface area contributed by atoms with Crippen LogP contribution in [-0.2, 0) is 11.2 Å². The van der Waals surface area contributed by atoms with Crippen molar-refractivity contribution in [2.24, 2.45) is 0 Å². The monoisotopic (exact) mass is 311 g/mol. The zero-order chi connectivity index (χ0) is 16.9. The van der Waals surface area contributed by atoms with Crippen molar-refractivity contribution in [2.75, 3.05) is 0 Å². The zero-order valence-electron chi connectivity index (χ0n) is 14.3. The van der Waals surface area contributed by atoms with Crippen LogP contribution in [0.2, 0.25) is 0 Å². The zero-order valence-corrected chi connectivity index (χ0v) is 14.3. The van der Waals surface area contributed by atoms with E-state index in [9.17, 15) is 4.79 Å². The van der Waals surface area contributed by atoms with Crippen LogP contribution < -0.4 is 10.1 Å². The lowest BCUT2D eigenvalue weighted by atomic mass is 9.94. The van der Waals surface area contributed by atoms with Gasteiger partial charge in [-0.3, -0.25) is 4.79 Å². The maximum Gasteiger partial charge on any atom is 0.261 e. The van der Waals surface area contributed by atoms with Crippen LogP contribution >= 0.6 is 0 Å². The third-order valence-electron chi connectivity index (χ3n) is 3.65. The fourth-order valence-electron chi connectivity index (χ4n) is 2.46. The van der Waals surface area contributed by atoms with E-state index in [0.29, 0.717) is 5.75 Å². The fourth-order valence-corrected chi connectivity index (χ4v) is 2.46. The SMILES string of the molecule is Cc1ccc(OC(C)C(=O)NC(C)(C)Cc2ccccc2)cc1. The first kappa shape index (κ1) is 17.1. The number of hydrogen-bond donors (Lipinski definition) is 1. The normalized spacial score (nSPS) is 12.5. The summed E-state index contributed by atoms with van der Waals surface area (Å²) in [4.78, 5) is 12.4. The Balaban J connectivity index is 1.92. The Kier molecular flexibility index (Phi) is 5.43. The number of ether oxygens (including phenoxy) is 1. The molecule has 0 aliphatic heterocycles. The Morgan fingerprint density at radius 2 is 1.70 bits per heavy atom. The molecule has 1 unspecified atom stereocenters. The molecule has 2 aromatic rings. The maximum atomic E-state index is 12.4. The summed E-state index contributed by atoms with van der Waals surface area (Å²) in [7, 11) is 0. The van der Waals surface area contributed by atoms with E-state index < -0.39 is 6.10 Å². The number of hydrogen-bond acceptors (Lipinski definition) is 2. The van der Waals surface area contributed by atoms with Gasteiger partial charge in [-0.05, 0) is 51.8 Å². The van der Waals surface area contributed by atoms with Gasteiger partial charge in [0.2, 0.25) is 0 Å². The van der Waals surface area contributed by atoms with E-state index >= 15 is 0 Å². The highest BCUT2D eigenvalue weighted by molar-refractivity contribution is 5.81. The molecular formula is C20H25NO2. The summed E-state index contributed by atoms with van der Waals surface area (Å²) < 4.78 is 5.72. The molecule has 3 heteroatoms. The van der Waals surface area contributed by atoms with Gasteiger partial charge >= 0.3 is 0 Å². The van der Waals surface area contributed by atoms with Gasteiger partial charge in [-0.15, -0.1) is 0 Å². The second kappa shape index (κ2) is 7.32. The predicted octanol–water partition coefficient (Wildman–Crippen LogP) is 3.90. The molecule has 0 aromatic heterocycles. The highest BCUT2D eigenvalue weighted by Gasteiger charge is 2.24. The number of carbonyl (C=O) groups excluding carboxylic acids is 1. The van der Waals surface area contributed by atoms with Gasteiger partial charge in [-0.25, -0.2) is 0 Å². The van der Waals surface area contributed by atoms with Crippen LogP contribution in [0.15, 0.2) is 54.6 Å². The Morgan fingerprint density at radius 1 is 1.09 bits per heavy atom. The quantitative estimate of drug-likeness (QED) is 0.878. The molecule has 0 saturated carbocycles. The molecule has 0 aliphatic rings. The smallest absolute Gasteiger partial charge is 0.261 e. The highest BCUT2D eigenvalue weighted by Crippen LogP contribution is 2.15. The lowest BCUT2D eigenvalue weighted by molar-refractivity contribution is -0.128. The van der Waals surface area contributed by atoms with E-state index in [-0.39, 0.29) is 11.4 Å². The van der Waals surface area contributed by atoms with E-state index in [1.54, 1.807) is 6.92 Å². The van der Waals surface area contributed by atoms with Gasteiger partial charge in [0.05, 0.1) is 0 Å². The summed E-state index contributed by atoms with van der Waals surface area (Å²) in [6.45, 7) is 7.84. The lowest BCUT2D eigenvalue weighted by Gasteiger charge is -2.28. The van der Waals surface area contributed by atoms with Crippen molar-refractivity contribution in [3.05, 3.63) is 65.7 Å². The maximum absolute atomic E-state index is 12.4. The fraction of sp³-hybridized carbons (Fsp3) is 0.350. The molecule has 2 aromatic carbocycles. The van der Waals surface area contributed by atoms with Crippen molar-refractivity contribution in [3.63, 3.8) is 0 Å². The molecular weight excluding hydrogens is 286 g/mol. The Morgan fingerprint density at radius 3 is 2.30 bits per heavy atom. The molecule has 0 heterocycles. The minimum atomic E-state index is -0.534. The van der Waals surface area contributed by atoms with Crippen LogP contribution in [0.4, 0.5) is 0 Å². The standard InChI is InChI=1S/C20H25NO2/c1-15-10-12-18(13-11-15)23-16(2)19(22)21-20(3,4)14-17-8-6-5-7-9-17/h5-13,16H,14H2,1-4H3,(H,21,22). The van der Waals surface area contributed by atoms with Crippen LogP contribution in [0.25, 0.3) is 0 Å². The number of amides is 1. The summed E-state index contributed by atoms with van der Waals surface area (Å²) in [5.41, 5.74) is 2.03. The van der Waals surface area contributed by atoms with Gasteiger partial charge in [-0.2, -0.15) is 0 Å². The van der Waals surface area contributed by atoms with E-state index in [0.717, 1.165) is 6.42 Å². The van der Waals surface area contributed by atoms with E-state index in [1.807, 2.05) is 63.2 Å². The molecule has 1 atom stereocenters. The van der Waals surface area contributed by atoms with Crippen molar-refractivity contribution < 1.29 is 9.53 Å². The van der Waals surface area contributed by atoms with E-state index in [1.165, 1.54) is 11.1 Å². The molecule has 0 radical (unpaired) electrons. The van der Waals surface area contributed by atoms with Gasteiger partial charge in [-0.1, -0.05) is 48.0 Å². The number of carbonyl (C=O) groups is 1. The summed E-state index contributed by atoms with van der Waals surface area (Å²) in [6, 6.07) is 17.9. The van der Waals surface area contributed by atoms with Gasteiger partial charge in [0.25, 0.3) is 5.91 Å². The largest absolute Gasteiger partial charge is 0.481 e.